The standard InChI is InChI=1S/C19H18FN3O2/c20-14-6-7-16-15(12-14)17(23-22-16)21-18(24)19(8-10-25-11-9-19)13-4-2-1-3-5-13/h1-7,12H,8-11H2,(H2,21,22,23,24). The number of rotatable bonds is 3. The van der Waals surface area contributed by atoms with Crippen molar-refractivity contribution < 1.29 is 13.9 Å². The lowest BCUT2D eigenvalue weighted by Gasteiger charge is -2.36. The molecule has 2 aromatic carbocycles. The van der Waals surface area contributed by atoms with Gasteiger partial charge in [0.2, 0.25) is 5.91 Å². The van der Waals surface area contributed by atoms with Crippen LogP contribution in [0.25, 0.3) is 10.9 Å². The highest BCUT2D eigenvalue weighted by atomic mass is 19.1. The summed E-state index contributed by atoms with van der Waals surface area (Å²) in [6.07, 6.45) is 1.19. The van der Waals surface area contributed by atoms with Gasteiger partial charge in [0.1, 0.15) is 5.82 Å². The maximum absolute atomic E-state index is 13.6. The number of H-pyrrole nitrogens is 1. The number of hydrogen-bond donors (Lipinski definition) is 2. The van der Waals surface area contributed by atoms with Crippen LogP contribution in [0.3, 0.4) is 0 Å². The molecule has 1 aromatic heterocycles. The normalized spacial score (nSPS) is 16.7. The van der Waals surface area contributed by atoms with Crippen LogP contribution >= 0.6 is 0 Å². The summed E-state index contributed by atoms with van der Waals surface area (Å²) in [4.78, 5) is 13.2. The molecule has 1 aliphatic heterocycles. The number of halogens is 1. The van der Waals surface area contributed by atoms with Gasteiger partial charge in [-0.2, -0.15) is 5.10 Å². The largest absolute Gasteiger partial charge is 0.381 e. The number of nitrogens with zero attached hydrogens (tertiary/aromatic N) is 1. The molecule has 1 saturated heterocycles. The third-order valence-corrected chi connectivity index (χ3v) is 4.86. The van der Waals surface area contributed by atoms with E-state index in [1.54, 1.807) is 6.07 Å². The van der Waals surface area contributed by atoms with Crippen LogP contribution in [0.5, 0.6) is 0 Å². The van der Waals surface area contributed by atoms with Crippen molar-refractivity contribution in [1.29, 1.82) is 0 Å². The van der Waals surface area contributed by atoms with Crippen LogP contribution in [0.15, 0.2) is 48.5 Å². The average molecular weight is 339 g/mol. The molecular weight excluding hydrogens is 321 g/mol. The van der Waals surface area contributed by atoms with E-state index in [4.69, 9.17) is 4.74 Å². The van der Waals surface area contributed by atoms with Gasteiger partial charge in [-0.25, -0.2) is 4.39 Å². The van der Waals surface area contributed by atoms with Crippen molar-refractivity contribution in [3.8, 4) is 0 Å². The maximum atomic E-state index is 13.6. The molecule has 3 aromatic rings. The number of benzene rings is 2. The number of hydrogen-bond acceptors (Lipinski definition) is 3. The smallest absolute Gasteiger partial charge is 0.236 e. The van der Waals surface area contributed by atoms with Gasteiger partial charge >= 0.3 is 0 Å². The Morgan fingerprint density at radius 2 is 1.92 bits per heavy atom. The summed E-state index contributed by atoms with van der Waals surface area (Å²) in [5.74, 6) is -0.158. The Hall–Kier alpha value is -2.73. The predicted molar refractivity (Wildman–Crippen MR) is 92.9 cm³/mol. The molecule has 0 aliphatic carbocycles. The zero-order valence-electron chi connectivity index (χ0n) is 13.6. The second kappa shape index (κ2) is 6.29. The van der Waals surface area contributed by atoms with E-state index < -0.39 is 5.41 Å². The molecule has 0 radical (unpaired) electrons. The van der Waals surface area contributed by atoms with E-state index in [1.807, 2.05) is 30.3 Å². The molecule has 5 nitrogen and oxygen atoms in total. The molecule has 25 heavy (non-hydrogen) atoms. The summed E-state index contributed by atoms with van der Waals surface area (Å²) in [7, 11) is 0. The molecule has 1 aliphatic rings. The van der Waals surface area contributed by atoms with Crippen molar-refractivity contribution in [2.75, 3.05) is 18.5 Å². The zero-order valence-corrected chi connectivity index (χ0v) is 13.6. The third kappa shape index (κ3) is 2.78. The molecule has 0 unspecified atom stereocenters. The van der Waals surface area contributed by atoms with Gasteiger partial charge in [0.15, 0.2) is 5.82 Å². The molecule has 0 bridgehead atoms. The number of amides is 1. The van der Waals surface area contributed by atoms with E-state index in [1.165, 1.54) is 12.1 Å². The van der Waals surface area contributed by atoms with E-state index in [2.05, 4.69) is 15.5 Å². The second-order valence-corrected chi connectivity index (χ2v) is 6.28. The molecule has 0 saturated carbocycles. The second-order valence-electron chi connectivity index (χ2n) is 6.28. The summed E-state index contributed by atoms with van der Waals surface area (Å²) >= 11 is 0. The highest BCUT2D eigenvalue weighted by Gasteiger charge is 2.42. The predicted octanol–water partition coefficient (Wildman–Crippen LogP) is 3.39. The Morgan fingerprint density at radius 3 is 2.68 bits per heavy atom. The van der Waals surface area contributed by atoms with Gasteiger partial charge in [-0.3, -0.25) is 9.89 Å². The molecule has 1 fully saturated rings. The molecule has 128 valence electrons. The summed E-state index contributed by atoms with van der Waals surface area (Å²) in [5, 5.41) is 10.4. The highest BCUT2D eigenvalue weighted by molar-refractivity contribution is 6.04. The third-order valence-electron chi connectivity index (χ3n) is 4.86. The van der Waals surface area contributed by atoms with Gasteiger partial charge in [-0.15, -0.1) is 0 Å². The minimum absolute atomic E-state index is 0.139. The summed E-state index contributed by atoms with van der Waals surface area (Å²) in [5.41, 5.74) is 0.970. The highest BCUT2D eigenvalue weighted by Crippen LogP contribution is 2.36. The zero-order chi connectivity index (χ0) is 17.3. The van der Waals surface area contributed by atoms with Crippen LogP contribution in [0.4, 0.5) is 10.2 Å². The van der Waals surface area contributed by atoms with E-state index in [-0.39, 0.29) is 11.7 Å². The maximum Gasteiger partial charge on any atom is 0.236 e. The van der Waals surface area contributed by atoms with Crippen LogP contribution in [0.2, 0.25) is 0 Å². The number of carbonyl (C=O) groups is 1. The number of ether oxygens (including phenoxy) is 1. The minimum atomic E-state index is -0.669. The molecule has 4 rings (SSSR count). The van der Waals surface area contributed by atoms with E-state index >= 15 is 0 Å². The number of aromatic amines is 1. The van der Waals surface area contributed by atoms with Crippen LogP contribution in [-0.2, 0) is 14.9 Å². The van der Waals surface area contributed by atoms with Crippen LogP contribution < -0.4 is 5.32 Å². The van der Waals surface area contributed by atoms with Crippen molar-refractivity contribution in [2.45, 2.75) is 18.3 Å². The van der Waals surface area contributed by atoms with Gasteiger partial charge in [0.25, 0.3) is 0 Å². The first-order valence-electron chi connectivity index (χ1n) is 8.27. The van der Waals surface area contributed by atoms with Crippen LogP contribution in [0.1, 0.15) is 18.4 Å². The van der Waals surface area contributed by atoms with Crippen molar-refractivity contribution in [3.63, 3.8) is 0 Å². The van der Waals surface area contributed by atoms with Crippen molar-refractivity contribution >= 4 is 22.6 Å². The SMILES string of the molecule is O=C(Nc1n[nH]c2ccc(F)cc12)C1(c2ccccc2)CCOCC1. The Bertz CT molecular complexity index is 901. The Labute approximate surface area is 144 Å². The molecule has 2 heterocycles. The summed E-state index contributed by atoms with van der Waals surface area (Å²) in [6, 6.07) is 14.1. The van der Waals surface area contributed by atoms with Gasteiger partial charge < -0.3 is 10.1 Å². The first kappa shape index (κ1) is 15.8. The number of anilines is 1. The minimum Gasteiger partial charge on any atom is -0.381 e. The van der Waals surface area contributed by atoms with E-state index in [0.717, 1.165) is 5.56 Å². The lowest BCUT2D eigenvalue weighted by Crippen LogP contribution is -2.44. The average Bonchev–Trinajstić information content (AvgIpc) is 3.05. The summed E-state index contributed by atoms with van der Waals surface area (Å²) in [6.45, 7) is 1.05. The van der Waals surface area contributed by atoms with E-state index in [0.29, 0.717) is 42.8 Å². The van der Waals surface area contributed by atoms with Crippen molar-refractivity contribution in [2.24, 2.45) is 0 Å². The lowest BCUT2D eigenvalue weighted by molar-refractivity contribution is -0.125. The fourth-order valence-electron chi connectivity index (χ4n) is 3.43. The number of nitrogens with one attached hydrogen (secondary N) is 2. The quantitative estimate of drug-likeness (QED) is 0.769. The van der Waals surface area contributed by atoms with Crippen molar-refractivity contribution in [1.82, 2.24) is 10.2 Å². The monoisotopic (exact) mass is 339 g/mol. The fraction of sp³-hybridized carbons (Fsp3) is 0.263. The van der Waals surface area contributed by atoms with Crippen LogP contribution in [-0.4, -0.2) is 29.3 Å². The Kier molecular flexibility index (Phi) is 3.97. The lowest BCUT2D eigenvalue weighted by atomic mass is 9.73. The Morgan fingerprint density at radius 1 is 1.16 bits per heavy atom. The molecule has 2 N–H and O–H groups in total. The van der Waals surface area contributed by atoms with Crippen molar-refractivity contribution in [3.05, 3.63) is 59.9 Å². The first-order valence-corrected chi connectivity index (χ1v) is 8.27. The fourth-order valence-corrected chi connectivity index (χ4v) is 3.43. The molecule has 0 spiro atoms. The summed E-state index contributed by atoms with van der Waals surface area (Å²) < 4.78 is 19.0. The van der Waals surface area contributed by atoms with Gasteiger partial charge in [0.05, 0.1) is 10.9 Å². The Balaban J connectivity index is 1.70. The van der Waals surface area contributed by atoms with Gasteiger partial charge in [-0.1, -0.05) is 30.3 Å². The first-order chi connectivity index (χ1) is 12.2. The molecule has 1 amide bonds. The van der Waals surface area contributed by atoms with Crippen LogP contribution in [0, 0.1) is 5.82 Å². The van der Waals surface area contributed by atoms with Gasteiger partial charge in [-0.05, 0) is 36.6 Å². The number of fused-ring (bicyclic) bond motifs is 1. The number of aromatic nitrogens is 2. The molecular formula is C19H18FN3O2. The number of carbonyl (C=O) groups excluding carboxylic acids is 1. The van der Waals surface area contributed by atoms with Gasteiger partial charge in [0, 0.05) is 18.6 Å². The molecule has 0 atom stereocenters. The molecule has 6 heteroatoms. The van der Waals surface area contributed by atoms with E-state index in [9.17, 15) is 9.18 Å². The topological polar surface area (TPSA) is 67.0 Å².